The Morgan fingerprint density at radius 1 is 1.69 bits per heavy atom. The minimum Gasteiger partial charge on any atom is -0.383 e. The van der Waals surface area contributed by atoms with E-state index < -0.39 is 5.60 Å². The summed E-state index contributed by atoms with van der Waals surface area (Å²) in [5.74, 6) is -0.211. The van der Waals surface area contributed by atoms with E-state index in [1.165, 1.54) is 25.2 Å². The van der Waals surface area contributed by atoms with Crippen LogP contribution in [0.25, 0.3) is 0 Å². The average Bonchev–Trinajstić information content (AvgIpc) is 2.34. The SMILES string of the molecule is CC(C)(O)C(=O)Cc1sccc1Cl. The Morgan fingerprint density at radius 3 is 2.69 bits per heavy atom. The maximum atomic E-state index is 11.4. The molecule has 0 fully saturated rings. The minimum atomic E-state index is -1.27. The van der Waals surface area contributed by atoms with Crippen LogP contribution in [0.2, 0.25) is 5.02 Å². The van der Waals surface area contributed by atoms with Crippen LogP contribution in [0.4, 0.5) is 0 Å². The molecule has 0 aliphatic heterocycles. The molecule has 1 aromatic rings. The summed E-state index contributed by atoms with van der Waals surface area (Å²) < 4.78 is 0. The molecule has 0 unspecified atom stereocenters. The molecule has 0 atom stereocenters. The standard InChI is InChI=1S/C9H11ClO2S/c1-9(2,12)8(11)5-7-6(10)3-4-13-7/h3-4,12H,5H2,1-2H3. The van der Waals surface area contributed by atoms with Gasteiger partial charge < -0.3 is 5.11 Å². The van der Waals surface area contributed by atoms with E-state index in [2.05, 4.69) is 0 Å². The molecule has 0 saturated heterocycles. The molecule has 0 saturated carbocycles. The number of Topliss-reactive ketones (excluding diaryl/α,β-unsaturated/α-hetero) is 1. The van der Waals surface area contributed by atoms with Crippen LogP contribution in [0.5, 0.6) is 0 Å². The van der Waals surface area contributed by atoms with Crippen LogP contribution in [0.1, 0.15) is 18.7 Å². The monoisotopic (exact) mass is 218 g/mol. The van der Waals surface area contributed by atoms with E-state index in [9.17, 15) is 9.90 Å². The highest BCUT2D eigenvalue weighted by Crippen LogP contribution is 2.23. The molecule has 13 heavy (non-hydrogen) atoms. The second kappa shape index (κ2) is 3.78. The second-order valence-electron chi connectivity index (χ2n) is 3.35. The van der Waals surface area contributed by atoms with Crippen molar-refractivity contribution in [2.24, 2.45) is 0 Å². The largest absolute Gasteiger partial charge is 0.383 e. The van der Waals surface area contributed by atoms with Crippen LogP contribution >= 0.6 is 22.9 Å². The molecule has 0 radical (unpaired) electrons. The van der Waals surface area contributed by atoms with E-state index >= 15 is 0 Å². The Labute approximate surface area is 86.2 Å². The summed E-state index contributed by atoms with van der Waals surface area (Å²) in [6, 6.07) is 1.75. The number of ketones is 1. The summed E-state index contributed by atoms with van der Waals surface area (Å²) in [4.78, 5) is 12.2. The second-order valence-corrected chi connectivity index (χ2v) is 4.76. The molecular formula is C9H11ClO2S. The third kappa shape index (κ3) is 2.79. The Morgan fingerprint density at radius 2 is 2.31 bits per heavy atom. The first-order chi connectivity index (χ1) is 5.91. The summed E-state index contributed by atoms with van der Waals surface area (Å²) in [5, 5.41) is 11.8. The Hall–Kier alpha value is -0.380. The number of thiophene rings is 1. The molecule has 1 heterocycles. The fourth-order valence-corrected chi connectivity index (χ4v) is 1.91. The lowest BCUT2D eigenvalue weighted by molar-refractivity contribution is -0.133. The zero-order chi connectivity index (χ0) is 10.1. The highest BCUT2D eigenvalue weighted by Gasteiger charge is 2.24. The molecule has 4 heteroatoms. The number of halogens is 1. The summed E-state index contributed by atoms with van der Waals surface area (Å²) >= 11 is 7.24. The Kier molecular flexibility index (Phi) is 3.11. The van der Waals surface area contributed by atoms with Gasteiger partial charge in [-0.25, -0.2) is 0 Å². The maximum Gasteiger partial charge on any atom is 0.168 e. The molecule has 1 N–H and O–H groups in total. The van der Waals surface area contributed by atoms with Crippen LogP contribution in [0, 0.1) is 0 Å². The zero-order valence-corrected chi connectivity index (χ0v) is 9.08. The summed E-state index contributed by atoms with van der Waals surface area (Å²) in [7, 11) is 0. The maximum absolute atomic E-state index is 11.4. The lowest BCUT2D eigenvalue weighted by Crippen LogP contribution is -2.32. The van der Waals surface area contributed by atoms with Gasteiger partial charge >= 0.3 is 0 Å². The van der Waals surface area contributed by atoms with E-state index in [4.69, 9.17) is 11.6 Å². The average molecular weight is 219 g/mol. The van der Waals surface area contributed by atoms with Gasteiger partial charge in [0.2, 0.25) is 0 Å². The number of carbonyl (C=O) groups is 1. The first kappa shape index (κ1) is 10.7. The zero-order valence-electron chi connectivity index (χ0n) is 7.50. The smallest absolute Gasteiger partial charge is 0.168 e. The van der Waals surface area contributed by atoms with E-state index in [0.717, 1.165) is 4.88 Å². The number of rotatable bonds is 3. The van der Waals surface area contributed by atoms with Crippen molar-refractivity contribution in [2.45, 2.75) is 25.9 Å². The van der Waals surface area contributed by atoms with Crippen LogP contribution in [-0.4, -0.2) is 16.5 Å². The highest BCUT2D eigenvalue weighted by molar-refractivity contribution is 7.10. The van der Waals surface area contributed by atoms with Crippen molar-refractivity contribution in [1.82, 2.24) is 0 Å². The number of hydrogen-bond donors (Lipinski definition) is 1. The van der Waals surface area contributed by atoms with E-state index in [-0.39, 0.29) is 12.2 Å². The first-order valence-electron chi connectivity index (χ1n) is 3.89. The van der Waals surface area contributed by atoms with Crippen molar-refractivity contribution >= 4 is 28.7 Å². The molecule has 72 valence electrons. The van der Waals surface area contributed by atoms with Crippen molar-refractivity contribution in [2.75, 3.05) is 0 Å². The highest BCUT2D eigenvalue weighted by atomic mass is 35.5. The fraction of sp³-hybridized carbons (Fsp3) is 0.444. The normalized spacial score (nSPS) is 11.7. The van der Waals surface area contributed by atoms with Gasteiger partial charge in [-0.2, -0.15) is 0 Å². The molecule has 0 aliphatic carbocycles. The third-order valence-electron chi connectivity index (χ3n) is 1.69. The lowest BCUT2D eigenvalue weighted by atomic mass is 10.0. The molecule has 1 aromatic heterocycles. The lowest BCUT2D eigenvalue weighted by Gasteiger charge is -2.14. The third-order valence-corrected chi connectivity index (χ3v) is 3.08. The number of carbonyl (C=O) groups excluding carboxylic acids is 1. The van der Waals surface area contributed by atoms with E-state index in [1.807, 2.05) is 5.38 Å². The van der Waals surface area contributed by atoms with Gasteiger partial charge in [0, 0.05) is 11.3 Å². The molecule has 1 rings (SSSR count). The van der Waals surface area contributed by atoms with Gasteiger partial charge in [-0.3, -0.25) is 4.79 Å². The first-order valence-corrected chi connectivity index (χ1v) is 5.14. The molecule has 2 nitrogen and oxygen atoms in total. The Balaban J connectivity index is 2.71. The van der Waals surface area contributed by atoms with Gasteiger partial charge in [0.15, 0.2) is 5.78 Å². The van der Waals surface area contributed by atoms with Crippen molar-refractivity contribution in [3.05, 3.63) is 21.3 Å². The summed E-state index contributed by atoms with van der Waals surface area (Å²) in [6.45, 7) is 2.97. The Bertz CT molecular complexity index is 312. The van der Waals surface area contributed by atoms with Crippen molar-refractivity contribution in [1.29, 1.82) is 0 Å². The van der Waals surface area contributed by atoms with Crippen molar-refractivity contribution < 1.29 is 9.90 Å². The molecule has 0 spiro atoms. The van der Waals surface area contributed by atoms with Crippen LogP contribution in [0.15, 0.2) is 11.4 Å². The molecular weight excluding hydrogens is 208 g/mol. The number of aliphatic hydroxyl groups is 1. The molecule has 0 amide bonds. The van der Waals surface area contributed by atoms with E-state index in [1.54, 1.807) is 6.07 Å². The van der Waals surface area contributed by atoms with Gasteiger partial charge in [-0.1, -0.05) is 11.6 Å². The fourth-order valence-electron chi connectivity index (χ4n) is 0.813. The van der Waals surface area contributed by atoms with E-state index in [0.29, 0.717) is 5.02 Å². The van der Waals surface area contributed by atoms with Gasteiger partial charge in [-0.05, 0) is 25.3 Å². The van der Waals surface area contributed by atoms with Crippen LogP contribution < -0.4 is 0 Å². The molecule has 0 aliphatic rings. The quantitative estimate of drug-likeness (QED) is 0.845. The minimum absolute atomic E-state index is 0.208. The predicted molar refractivity (Wildman–Crippen MR) is 54.3 cm³/mol. The van der Waals surface area contributed by atoms with Gasteiger partial charge in [0.05, 0.1) is 5.02 Å². The topological polar surface area (TPSA) is 37.3 Å². The summed E-state index contributed by atoms with van der Waals surface area (Å²) in [6.07, 6.45) is 0.208. The summed E-state index contributed by atoms with van der Waals surface area (Å²) in [5.41, 5.74) is -1.27. The number of hydrogen-bond acceptors (Lipinski definition) is 3. The molecule has 0 bridgehead atoms. The van der Waals surface area contributed by atoms with Crippen molar-refractivity contribution in [3.8, 4) is 0 Å². The predicted octanol–water partition coefficient (Wildman–Crippen LogP) is 2.28. The van der Waals surface area contributed by atoms with Crippen LogP contribution in [0.3, 0.4) is 0 Å². The molecule has 0 aromatic carbocycles. The van der Waals surface area contributed by atoms with Crippen LogP contribution in [-0.2, 0) is 11.2 Å². The van der Waals surface area contributed by atoms with Gasteiger partial charge in [0.25, 0.3) is 0 Å². The van der Waals surface area contributed by atoms with Gasteiger partial charge in [-0.15, -0.1) is 11.3 Å². The van der Waals surface area contributed by atoms with Gasteiger partial charge in [0.1, 0.15) is 5.60 Å². The van der Waals surface area contributed by atoms with Crippen molar-refractivity contribution in [3.63, 3.8) is 0 Å².